The number of carbonyl (C=O) groups excluding carboxylic acids is 3. The van der Waals surface area contributed by atoms with Crippen LogP contribution < -0.4 is 0 Å². The third-order valence-electron chi connectivity index (χ3n) is 6.15. The number of rotatable bonds is 2. The molecule has 0 bridgehead atoms. The van der Waals surface area contributed by atoms with Crippen molar-refractivity contribution in [3.63, 3.8) is 0 Å². The monoisotopic (exact) mass is 456 g/mol. The van der Waals surface area contributed by atoms with Crippen LogP contribution in [0.4, 0.5) is 0 Å². The average Bonchev–Trinajstić information content (AvgIpc) is 3.18. The van der Waals surface area contributed by atoms with E-state index in [2.05, 4.69) is 15.9 Å². The van der Waals surface area contributed by atoms with Crippen molar-refractivity contribution in [1.82, 2.24) is 0 Å². The first kappa shape index (κ1) is 18.9. The fraction of sp³-hybridized carbons (Fsp3) is 0.115. The summed E-state index contributed by atoms with van der Waals surface area (Å²) in [6.07, 6.45) is 1.86. The van der Waals surface area contributed by atoms with Gasteiger partial charge in [0.05, 0.1) is 0 Å². The number of Topliss-reactive ketones (excluding diaryl/α,β-unsaturated/α-hetero) is 3. The molecular weight excluding hydrogens is 440 g/mol. The van der Waals surface area contributed by atoms with E-state index in [0.717, 1.165) is 15.6 Å². The van der Waals surface area contributed by atoms with Crippen LogP contribution in [0.5, 0.6) is 0 Å². The SMILES string of the molecule is O=C1CC(c2ccc(Br)cc2)C2(C(=O)c3ccccc3C2=O)/C1=C\c1ccccc1. The Bertz CT molecular complexity index is 1190. The first-order chi connectivity index (χ1) is 14.5. The van der Waals surface area contributed by atoms with Gasteiger partial charge in [-0.05, 0) is 29.3 Å². The molecule has 30 heavy (non-hydrogen) atoms. The first-order valence-electron chi connectivity index (χ1n) is 9.78. The molecule has 1 unspecified atom stereocenters. The second-order valence-corrected chi connectivity index (χ2v) is 8.63. The minimum atomic E-state index is -1.51. The smallest absolute Gasteiger partial charge is 0.182 e. The van der Waals surface area contributed by atoms with Crippen molar-refractivity contribution >= 4 is 39.4 Å². The highest BCUT2D eigenvalue weighted by Gasteiger charge is 2.65. The van der Waals surface area contributed by atoms with E-state index in [-0.39, 0.29) is 23.8 Å². The normalized spacial score (nSPS) is 20.9. The van der Waals surface area contributed by atoms with Gasteiger partial charge < -0.3 is 0 Å². The molecule has 1 saturated carbocycles. The largest absolute Gasteiger partial charge is 0.294 e. The number of allylic oxidation sites excluding steroid dienone is 1. The zero-order valence-corrected chi connectivity index (χ0v) is 17.6. The molecule has 3 nitrogen and oxygen atoms in total. The van der Waals surface area contributed by atoms with Gasteiger partial charge in [-0.15, -0.1) is 0 Å². The van der Waals surface area contributed by atoms with E-state index in [1.807, 2.05) is 54.6 Å². The molecule has 1 spiro atoms. The van der Waals surface area contributed by atoms with Gasteiger partial charge in [0.1, 0.15) is 5.41 Å². The fourth-order valence-corrected chi connectivity index (χ4v) is 5.06. The quantitative estimate of drug-likeness (QED) is 0.369. The zero-order chi connectivity index (χ0) is 20.9. The van der Waals surface area contributed by atoms with Gasteiger partial charge in [0.2, 0.25) is 0 Å². The number of benzene rings is 3. The Morgan fingerprint density at radius 2 is 1.33 bits per heavy atom. The highest BCUT2D eigenvalue weighted by Crippen LogP contribution is 2.58. The summed E-state index contributed by atoms with van der Waals surface area (Å²) in [6.45, 7) is 0. The number of fused-ring (bicyclic) bond motifs is 1. The van der Waals surface area contributed by atoms with Gasteiger partial charge in [-0.1, -0.05) is 82.7 Å². The molecule has 0 heterocycles. The molecule has 0 radical (unpaired) electrons. The van der Waals surface area contributed by atoms with Crippen molar-refractivity contribution < 1.29 is 14.4 Å². The highest BCUT2D eigenvalue weighted by molar-refractivity contribution is 9.10. The Balaban J connectivity index is 1.78. The van der Waals surface area contributed by atoms with E-state index in [0.29, 0.717) is 16.7 Å². The molecule has 2 aliphatic rings. The molecule has 0 amide bonds. The molecule has 0 aliphatic heterocycles. The highest BCUT2D eigenvalue weighted by atomic mass is 79.9. The van der Waals surface area contributed by atoms with Crippen LogP contribution in [0.1, 0.15) is 44.2 Å². The number of ketones is 3. The first-order valence-corrected chi connectivity index (χ1v) is 10.6. The van der Waals surface area contributed by atoms with E-state index in [1.165, 1.54) is 0 Å². The van der Waals surface area contributed by atoms with E-state index >= 15 is 0 Å². The van der Waals surface area contributed by atoms with Gasteiger partial charge in [0.25, 0.3) is 0 Å². The van der Waals surface area contributed by atoms with Gasteiger partial charge in [-0.3, -0.25) is 14.4 Å². The summed E-state index contributed by atoms with van der Waals surface area (Å²) in [7, 11) is 0. The minimum Gasteiger partial charge on any atom is -0.294 e. The molecule has 3 aromatic rings. The molecule has 4 heteroatoms. The summed E-state index contributed by atoms with van der Waals surface area (Å²) in [5.74, 6) is -1.23. The van der Waals surface area contributed by atoms with Gasteiger partial charge >= 0.3 is 0 Å². The lowest BCUT2D eigenvalue weighted by atomic mass is 9.68. The van der Waals surface area contributed by atoms with Crippen molar-refractivity contribution in [2.45, 2.75) is 12.3 Å². The Kier molecular flexibility index (Phi) is 4.40. The molecule has 5 rings (SSSR count). The van der Waals surface area contributed by atoms with Gasteiger partial charge in [0, 0.05) is 33.5 Å². The summed E-state index contributed by atoms with van der Waals surface area (Å²) in [5, 5.41) is 0. The molecule has 146 valence electrons. The van der Waals surface area contributed by atoms with Crippen LogP contribution in [0.25, 0.3) is 6.08 Å². The maximum Gasteiger partial charge on any atom is 0.182 e. The molecule has 0 N–H and O–H groups in total. The summed E-state index contributed by atoms with van der Waals surface area (Å²) in [4.78, 5) is 40.9. The summed E-state index contributed by atoms with van der Waals surface area (Å²) in [5.41, 5.74) is 1.21. The predicted molar refractivity (Wildman–Crippen MR) is 118 cm³/mol. The van der Waals surface area contributed by atoms with E-state index in [1.54, 1.807) is 30.3 Å². The van der Waals surface area contributed by atoms with Gasteiger partial charge in [0.15, 0.2) is 17.3 Å². The maximum atomic E-state index is 13.8. The van der Waals surface area contributed by atoms with E-state index < -0.39 is 11.3 Å². The van der Waals surface area contributed by atoms with Crippen LogP contribution in [-0.2, 0) is 4.79 Å². The molecule has 3 aromatic carbocycles. The second-order valence-electron chi connectivity index (χ2n) is 7.71. The third kappa shape index (κ3) is 2.60. The van der Waals surface area contributed by atoms with Gasteiger partial charge in [-0.25, -0.2) is 0 Å². The number of halogens is 1. The maximum absolute atomic E-state index is 13.8. The van der Waals surface area contributed by atoms with Crippen molar-refractivity contribution in [1.29, 1.82) is 0 Å². The molecular formula is C26H17BrO3. The molecule has 1 fully saturated rings. The Hall–Kier alpha value is -3.11. The topological polar surface area (TPSA) is 51.2 Å². The average molecular weight is 457 g/mol. The summed E-state index contributed by atoms with van der Waals surface area (Å²) in [6, 6.07) is 23.8. The third-order valence-corrected chi connectivity index (χ3v) is 6.68. The van der Waals surface area contributed by atoms with Crippen LogP contribution >= 0.6 is 15.9 Å². The Labute approximate surface area is 182 Å². The number of carbonyl (C=O) groups is 3. The van der Waals surface area contributed by atoms with Crippen molar-refractivity contribution in [3.8, 4) is 0 Å². The van der Waals surface area contributed by atoms with Crippen LogP contribution in [0, 0.1) is 5.41 Å². The van der Waals surface area contributed by atoms with Gasteiger partial charge in [-0.2, -0.15) is 0 Å². The van der Waals surface area contributed by atoms with Crippen LogP contribution in [0.15, 0.2) is 88.9 Å². The fourth-order valence-electron chi connectivity index (χ4n) is 4.80. The lowest BCUT2D eigenvalue weighted by molar-refractivity contribution is -0.114. The molecule has 2 aliphatic carbocycles. The minimum absolute atomic E-state index is 0.131. The standard InChI is InChI=1S/C26H17BrO3/c27-18-12-10-17(11-13-18)21-15-23(28)22(14-16-6-2-1-3-7-16)26(21)24(29)19-8-4-5-9-20(19)25(26)30/h1-14,21H,15H2/b22-14-. The second kappa shape index (κ2) is 6.99. The lowest BCUT2D eigenvalue weighted by Crippen LogP contribution is -2.38. The molecule has 0 aromatic heterocycles. The zero-order valence-electron chi connectivity index (χ0n) is 16.0. The lowest BCUT2D eigenvalue weighted by Gasteiger charge is -2.29. The number of hydrogen-bond donors (Lipinski definition) is 0. The van der Waals surface area contributed by atoms with Crippen LogP contribution in [0.3, 0.4) is 0 Å². The summed E-state index contributed by atoms with van der Waals surface area (Å²) < 4.78 is 0.900. The molecule has 1 atom stereocenters. The van der Waals surface area contributed by atoms with Crippen molar-refractivity contribution in [2.75, 3.05) is 0 Å². The van der Waals surface area contributed by atoms with E-state index in [9.17, 15) is 14.4 Å². The molecule has 0 saturated heterocycles. The van der Waals surface area contributed by atoms with Crippen molar-refractivity contribution in [3.05, 3.63) is 111 Å². The van der Waals surface area contributed by atoms with Crippen LogP contribution in [-0.4, -0.2) is 17.3 Å². The Morgan fingerprint density at radius 1 is 0.767 bits per heavy atom. The Morgan fingerprint density at radius 3 is 1.93 bits per heavy atom. The predicted octanol–water partition coefficient (Wildman–Crippen LogP) is 5.65. The van der Waals surface area contributed by atoms with Crippen molar-refractivity contribution in [2.24, 2.45) is 5.41 Å². The number of hydrogen-bond acceptors (Lipinski definition) is 3. The van der Waals surface area contributed by atoms with E-state index in [4.69, 9.17) is 0 Å². The van der Waals surface area contributed by atoms with Crippen LogP contribution in [0.2, 0.25) is 0 Å². The summed E-state index contributed by atoms with van der Waals surface area (Å²) >= 11 is 3.43.